The molecule has 0 aliphatic carbocycles. The average Bonchev–Trinajstić information content (AvgIpc) is 2.96. The fraction of sp³-hybridized carbons (Fsp3) is 0.190. The largest absolute Gasteiger partial charge is 0.456 e. The van der Waals surface area contributed by atoms with Gasteiger partial charge in [0.25, 0.3) is 17.7 Å². The number of nitrogens with one attached hydrogen (secondary N) is 1. The summed E-state index contributed by atoms with van der Waals surface area (Å²) in [5, 5.41) is 2.13. The minimum absolute atomic E-state index is 0.0280. The van der Waals surface area contributed by atoms with Crippen LogP contribution in [0.1, 0.15) is 32.7 Å². The van der Waals surface area contributed by atoms with Crippen LogP contribution in [0.5, 0.6) is 0 Å². The van der Waals surface area contributed by atoms with Crippen LogP contribution in [0.3, 0.4) is 0 Å². The molecule has 2 aromatic carbocycles. The number of benzene rings is 2. The number of rotatable bonds is 7. The van der Waals surface area contributed by atoms with Crippen molar-refractivity contribution in [3.63, 3.8) is 0 Å². The molecule has 29 heavy (non-hydrogen) atoms. The van der Waals surface area contributed by atoms with Gasteiger partial charge < -0.3 is 4.74 Å². The molecule has 8 nitrogen and oxygen atoms in total. The van der Waals surface area contributed by atoms with Crippen molar-refractivity contribution in [2.75, 3.05) is 13.2 Å². The predicted molar refractivity (Wildman–Crippen MR) is 101 cm³/mol. The molecule has 148 valence electrons. The Labute approximate surface area is 166 Å². The van der Waals surface area contributed by atoms with Crippen LogP contribution in [0, 0.1) is 0 Å². The molecule has 8 heteroatoms. The normalized spacial score (nSPS) is 12.5. The molecule has 1 aliphatic heterocycles. The van der Waals surface area contributed by atoms with Gasteiger partial charge in [-0.05, 0) is 17.7 Å². The number of amides is 4. The predicted octanol–water partition coefficient (Wildman–Crippen LogP) is 1.10. The highest BCUT2D eigenvalue weighted by atomic mass is 16.5. The van der Waals surface area contributed by atoms with E-state index in [4.69, 9.17) is 4.74 Å². The summed E-state index contributed by atoms with van der Waals surface area (Å²) in [6, 6.07) is 15.3. The summed E-state index contributed by atoms with van der Waals surface area (Å²) in [4.78, 5) is 60.7. The van der Waals surface area contributed by atoms with Gasteiger partial charge in [0.15, 0.2) is 6.61 Å². The summed E-state index contributed by atoms with van der Waals surface area (Å²) in [6.07, 6.45) is -0.225. The molecular formula is C21H18N2O6. The first kappa shape index (κ1) is 19.9. The zero-order chi connectivity index (χ0) is 20.8. The average molecular weight is 394 g/mol. The van der Waals surface area contributed by atoms with Crippen LogP contribution >= 0.6 is 0 Å². The SMILES string of the molecule is O=C(COC(=O)CCN1C(=O)c2ccccc2C1=O)NC(=O)Cc1ccccc1. The van der Waals surface area contributed by atoms with Crippen molar-refractivity contribution in [2.45, 2.75) is 12.8 Å². The third-order valence-corrected chi connectivity index (χ3v) is 4.27. The second kappa shape index (κ2) is 8.92. The molecule has 0 spiro atoms. The lowest BCUT2D eigenvalue weighted by atomic mass is 10.1. The first-order valence-electron chi connectivity index (χ1n) is 8.93. The molecule has 2 aromatic rings. The number of ether oxygens (including phenoxy) is 1. The molecular weight excluding hydrogens is 376 g/mol. The topological polar surface area (TPSA) is 110 Å². The zero-order valence-electron chi connectivity index (χ0n) is 15.4. The van der Waals surface area contributed by atoms with Gasteiger partial charge in [0.05, 0.1) is 24.0 Å². The lowest BCUT2D eigenvalue weighted by molar-refractivity contribution is -0.149. The van der Waals surface area contributed by atoms with Crippen LogP contribution in [0.15, 0.2) is 54.6 Å². The van der Waals surface area contributed by atoms with Crippen LogP contribution in [0.4, 0.5) is 0 Å². The minimum atomic E-state index is -0.757. The van der Waals surface area contributed by atoms with Gasteiger partial charge in [0.2, 0.25) is 5.91 Å². The van der Waals surface area contributed by atoms with Crippen molar-refractivity contribution >= 4 is 29.6 Å². The van der Waals surface area contributed by atoms with E-state index >= 15 is 0 Å². The number of nitrogens with zero attached hydrogens (tertiary/aromatic N) is 1. The van der Waals surface area contributed by atoms with Crippen molar-refractivity contribution in [1.29, 1.82) is 0 Å². The lowest BCUT2D eigenvalue weighted by Gasteiger charge is -2.13. The molecule has 0 unspecified atom stereocenters. The number of fused-ring (bicyclic) bond motifs is 1. The molecule has 0 fully saturated rings. The maximum atomic E-state index is 12.2. The Balaban J connectivity index is 1.40. The third-order valence-electron chi connectivity index (χ3n) is 4.27. The van der Waals surface area contributed by atoms with E-state index in [2.05, 4.69) is 5.32 Å². The summed E-state index contributed by atoms with van der Waals surface area (Å²) in [7, 11) is 0. The molecule has 4 amide bonds. The van der Waals surface area contributed by atoms with E-state index in [0.29, 0.717) is 11.1 Å². The van der Waals surface area contributed by atoms with Crippen molar-refractivity contribution in [3.8, 4) is 0 Å². The number of imide groups is 2. The molecule has 0 saturated heterocycles. The molecule has 1 N–H and O–H groups in total. The first-order chi connectivity index (χ1) is 14.0. The zero-order valence-corrected chi connectivity index (χ0v) is 15.4. The second-order valence-electron chi connectivity index (χ2n) is 6.35. The quantitative estimate of drug-likeness (QED) is 0.556. The Morgan fingerprint density at radius 3 is 2.03 bits per heavy atom. The van der Waals surface area contributed by atoms with Gasteiger partial charge in [-0.15, -0.1) is 0 Å². The molecule has 0 aromatic heterocycles. The molecule has 3 rings (SSSR count). The second-order valence-corrected chi connectivity index (χ2v) is 6.35. The Hall–Kier alpha value is -3.81. The summed E-state index contributed by atoms with van der Waals surface area (Å²) in [5.41, 5.74) is 1.33. The fourth-order valence-electron chi connectivity index (χ4n) is 2.88. The van der Waals surface area contributed by atoms with E-state index in [1.165, 1.54) is 0 Å². The van der Waals surface area contributed by atoms with E-state index in [1.807, 2.05) is 6.07 Å². The standard InChI is InChI=1S/C21H18N2O6/c24-17(12-14-6-2-1-3-7-14)22-18(25)13-29-19(26)10-11-23-20(27)15-8-4-5-9-16(15)21(23)28/h1-9H,10-13H2,(H,22,24,25). The van der Waals surface area contributed by atoms with Gasteiger partial charge in [0, 0.05) is 6.54 Å². The third kappa shape index (κ3) is 4.92. The van der Waals surface area contributed by atoms with E-state index < -0.39 is 36.2 Å². The molecule has 1 heterocycles. The summed E-state index contributed by atoms with van der Waals surface area (Å²) in [5.74, 6) is -2.96. The van der Waals surface area contributed by atoms with Gasteiger partial charge >= 0.3 is 5.97 Å². The Bertz CT molecular complexity index is 935. The van der Waals surface area contributed by atoms with Crippen molar-refractivity contribution in [2.24, 2.45) is 0 Å². The highest BCUT2D eigenvalue weighted by Crippen LogP contribution is 2.22. The molecule has 0 radical (unpaired) electrons. The van der Waals surface area contributed by atoms with Gasteiger partial charge in [-0.25, -0.2) is 0 Å². The highest BCUT2D eigenvalue weighted by Gasteiger charge is 2.35. The Morgan fingerprint density at radius 1 is 0.828 bits per heavy atom. The minimum Gasteiger partial charge on any atom is -0.456 e. The van der Waals surface area contributed by atoms with Crippen molar-refractivity contribution in [1.82, 2.24) is 10.2 Å². The molecule has 0 bridgehead atoms. The van der Waals surface area contributed by atoms with Crippen LogP contribution in [0.2, 0.25) is 0 Å². The fourth-order valence-corrected chi connectivity index (χ4v) is 2.88. The smallest absolute Gasteiger partial charge is 0.308 e. The molecule has 0 atom stereocenters. The maximum absolute atomic E-state index is 12.2. The first-order valence-corrected chi connectivity index (χ1v) is 8.93. The van der Waals surface area contributed by atoms with E-state index in [-0.39, 0.29) is 19.4 Å². The van der Waals surface area contributed by atoms with Gasteiger partial charge in [-0.3, -0.25) is 34.2 Å². The number of carbonyl (C=O) groups is 5. The Morgan fingerprint density at radius 2 is 1.41 bits per heavy atom. The van der Waals surface area contributed by atoms with E-state index in [0.717, 1.165) is 10.5 Å². The van der Waals surface area contributed by atoms with Gasteiger partial charge in [-0.2, -0.15) is 0 Å². The van der Waals surface area contributed by atoms with Crippen LogP contribution in [-0.2, 0) is 25.5 Å². The maximum Gasteiger partial charge on any atom is 0.308 e. The number of carbonyl (C=O) groups excluding carboxylic acids is 5. The molecule has 0 saturated carbocycles. The molecule has 1 aliphatic rings. The van der Waals surface area contributed by atoms with E-state index in [9.17, 15) is 24.0 Å². The van der Waals surface area contributed by atoms with Gasteiger partial charge in [0.1, 0.15) is 0 Å². The highest BCUT2D eigenvalue weighted by molar-refractivity contribution is 6.21. The monoisotopic (exact) mass is 394 g/mol. The lowest BCUT2D eigenvalue weighted by Crippen LogP contribution is -2.36. The summed E-state index contributed by atoms with van der Waals surface area (Å²) in [6.45, 7) is -0.777. The number of hydrogen-bond acceptors (Lipinski definition) is 6. The summed E-state index contributed by atoms with van der Waals surface area (Å²) >= 11 is 0. The van der Waals surface area contributed by atoms with Crippen molar-refractivity contribution < 1.29 is 28.7 Å². The summed E-state index contributed by atoms with van der Waals surface area (Å²) < 4.78 is 4.81. The Kier molecular flexibility index (Phi) is 6.13. The van der Waals surface area contributed by atoms with Crippen LogP contribution < -0.4 is 5.32 Å². The number of hydrogen-bond donors (Lipinski definition) is 1. The van der Waals surface area contributed by atoms with Crippen molar-refractivity contribution in [3.05, 3.63) is 71.3 Å². The van der Waals surface area contributed by atoms with Crippen LogP contribution in [-0.4, -0.2) is 47.6 Å². The van der Waals surface area contributed by atoms with E-state index in [1.54, 1.807) is 48.5 Å². The number of esters is 1. The van der Waals surface area contributed by atoms with Crippen LogP contribution in [0.25, 0.3) is 0 Å². The van der Waals surface area contributed by atoms with Gasteiger partial charge in [-0.1, -0.05) is 42.5 Å².